The number of nitrogens with one attached hydrogen (secondary N) is 2. The zero-order valence-electron chi connectivity index (χ0n) is 16.2. The Hall–Kier alpha value is -1.82. The molecule has 5 rings (SSSR count). The summed E-state index contributed by atoms with van der Waals surface area (Å²) >= 11 is 0. The summed E-state index contributed by atoms with van der Waals surface area (Å²) < 4.78 is 0. The largest absolute Gasteiger partial charge is 0.387 e. The van der Waals surface area contributed by atoms with E-state index in [1.54, 1.807) is 0 Å². The van der Waals surface area contributed by atoms with Crippen LogP contribution in [0.5, 0.6) is 0 Å². The Morgan fingerprint density at radius 3 is 1.96 bits per heavy atom. The van der Waals surface area contributed by atoms with E-state index in [0.29, 0.717) is 64.5 Å². The Kier molecular flexibility index (Phi) is 4.13. The number of Topliss-reactive ketones (excluding diaryl/α,β-unsaturated/α-hetero) is 4. The first-order valence-electron chi connectivity index (χ1n) is 10.8. The first-order chi connectivity index (χ1) is 13.4. The third-order valence-corrected chi connectivity index (χ3v) is 8.08. The molecular formula is C22H28N2O4. The van der Waals surface area contributed by atoms with E-state index in [1.165, 1.54) is 0 Å². The number of hydrogen-bond donors (Lipinski definition) is 2. The van der Waals surface area contributed by atoms with Crippen LogP contribution < -0.4 is 10.6 Å². The summed E-state index contributed by atoms with van der Waals surface area (Å²) in [5.74, 6) is 0.719. The minimum atomic E-state index is -0.839. The summed E-state index contributed by atoms with van der Waals surface area (Å²) in [6.07, 6.45) is 7.65. The number of rotatable bonds is 0. The third kappa shape index (κ3) is 2.49. The Morgan fingerprint density at radius 2 is 1.36 bits per heavy atom. The van der Waals surface area contributed by atoms with Crippen LogP contribution in [-0.4, -0.2) is 42.3 Å². The van der Waals surface area contributed by atoms with Crippen molar-refractivity contribution in [3.63, 3.8) is 0 Å². The van der Waals surface area contributed by atoms with E-state index in [1.807, 2.05) is 0 Å². The van der Waals surface area contributed by atoms with Crippen molar-refractivity contribution < 1.29 is 19.2 Å². The van der Waals surface area contributed by atoms with Gasteiger partial charge in [-0.15, -0.1) is 0 Å². The summed E-state index contributed by atoms with van der Waals surface area (Å²) in [6, 6.07) is 0.202. The molecule has 0 bridgehead atoms. The van der Waals surface area contributed by atoms with Gasteiger partial charge in [0.2, 0.25) is 0 Å². The van der Waals surface area contributed by atoms with Crippen molar-refractivity contribution in [3.8, 4) is 0 Å². The fraction of sp³-hybridized carbons (Fsp3) is 0.727. The predicted molar refractivity (Wildman–Crippen MR) is 101 cm³/mol. The second kappa shape index (κ2) is 6.34. The maximum Gasteiger partial charge on any atom is 0.148 e. The van der Waals surface area contributed by atoms with Crippen LogP contribution in [0.25, 0.3) is 0 Å². The first-order valence-corrected chi connectivity index (χ1v) is 10.8. The van der Waals surface area contributed by atoms with Gasteiger partial charge in [0, 0.05) is 56.4 Å². The number of hydrogen-bond acceptors (Lipinski definition) is 6. The lowest BCUT2D eigenvalue weighted by Gasteiger charge is -2.50. The average Bonchev–Trinajstić information content (AvgIpc) is 2.69. The van der Waals surface area contributed by atoms with Crippen LogP contribution in [0.1, 0.15) is 57.8 Å². The van der Waals surface area contributed by atoms with Gasteiger partial charge in [-0.3, -0.25) is 19.2 Å². The molecule has 2 aliphatic heterocycles. The molecule has 150 valence electrons. The topological polar surface area (TPSA) is 92.3 Å². The van der Waals surface area contributed by atoms with Gasteiger partial charge in [0.1, 0.15) is 34.0 Å². The molecule has 2 saturated carbocycles. The van der Waals surface area contributed by atoms with Crippen LogP contribution >= 0.6 is 0 Å². The van der Waals surface area contributed by atoms with Gasteiger partial charge in [0.25, 0.3) is 0 Å². The minimum Gasteiger partial charge on any atom is -0.387 e. The van der Waals surface area contributed by atoms with Gasteiger partial charge in [0.15, 0.2) is 0 Å². The highest BCUT2D eigenvalue weighted by atomic mass is 16.2. The molecule has 6 nitrogen and oxygen atoms in total. The number of allylic oxidation sites excluding steroid dienone is 1. The zero-order chi connectivity index (χ0) is 19.5. The zero-order valence-corrected chi connectivity index (χ0v) is 16.2. The number of ketones is 4. The second-order valence-corrected chi connectivity index (χ2v) is 9.53. The van der Waals surface area contributed by atoms with Crippen molar-refractivity contribution in [3.05, 3.63) is 11.8 Å². The van der Waals surface area contributed by atoms with E-state index >= 15 is 0 Å². The summed E-state index contributed by atoms with van der Waals surface area (Å²) in [4.78, 5) is 50.6. The molecular weight excluding hydrogens is 356 g/mol. The third-order valence-electron chi connectivity index (χ3n) is 8.08. The molecule has 6 heteroatoms. The molecule has 28 heavy (non-hydrogen) atoms. The lowest BCUT2D eigenvalue weighted by Crippen LogP contribution is -2.61. The molecule has 5 aliphatic rings. The van der Waals surface area contributed by atoms with Crippen LogP contribution in [0, 0.1) is 22.7 Å². The Balaban J connectivity index is 1.39. The molecule has 0 aromatic heterocycles. The fourth-order valence-corrected chi connectivity index (χ4v) is 6.39. The number of piperidine rings is 2. The maximum absolute atomic E-state index is 12.6. The van der Waals surface area contributed by atoms with Crippen molar-refractivity contribution in [1.29, 1.82) is 0 Å². The molecule has 3 atom stereocenters. The molecule has 0 radical (unpaired) electrons. The Bertz CT molecular complexity index is 766. The monoisotopic (exact) mass is 384 g/mol. The highest BCUT2D eigenvalue weighted by molar-refractivity contribution is 6.10. The molecule has 2 spiro atoms. The van der Waals surface area contributed by atoms with Crippen molar-refractivity contribution in [2.75, 3.05) is 13.1 Å². The highest BCUT2D eigenvalue weighted by Crippen LogP contribution is 2.48. The van der Waals surface area contributed by atoms with Gasteiger partial charge in [-0.1, -0.05) is 6.08 Å². The van der Waals surface area contributed by atoms with E-state index in [-0.39, 0.29) is 41.0 Å². The predicted octanol–water partition coefficient (Wildman–Crippen LogP) is 1.48. The van der Waals surface area contributed by atoms with Crippen LogP contribution in [0.4, 0.5) is 0 Å². The SMILES string of the molecule is O=C1CCCC(=O)C12CNC1=CC3CC4(CNC3CC1C2)C(=O)CCCC4=O. The Labute approximate surface area is 164 Å². The molecule has 4 fully saturated rings. The summed E-state index contributed by atoms with van der Waals surface area (Å²) in [6.45, 7) is 0.846. The van der Waals surface area contributed by atoms with Crippen molar-refractivity contribution in [2.45, 2.75) is 63.8 Å². The fourth-order valence-electron chi connectivity index (χ4n) is 6.39. The molecule has 2 N–H and O–H groups in total. The van der Waals surface area contributed by atoms with E-state index in [4.69, 9.17) is 0 Å². The molecule has 0 aromatic rings. The van der Waals surface area contributed by atoms with Gasteiger partial charge >= 0.3 is 0 Å². The number of carbonyl (C=O) groups excluding carboxylic acids is 4. The van der Waals surface area contributed by atoms with Gasteiger partial charge in [-0.25, -0.2) is 0 Å². The normalized spacial score (nSPS) is 36.6. The quantitative estimate of drug-likeness (QED) is 0.615. The maximum atomic E-state index is 12.6. The van der Waals surface area contributed by atoms with Crippen LogP contribution in [0.2, 0.25) is 0 Å². The lowest BCUT2D eigenvalue weighted by molar-refractivity contribution is -0.149. The molecule has 0 amide bonds. The van der Waals surface area contributed by atoms with E-state index in [0.717, 1.165) is 12.1 Å². The molecule has 3 aliphatic carbocycles. The van der Waals surface area contributed by atoms with Gasteiger partial charge in [-0.2, -0.15) is 0 Å². The molecule has 2 saturated heterocycles. The molecule has 0 aromatic carbocycles. The van der Waals surface area contributed by atoms with Crippen molar-refractivity contribution >= 4 is 23.1 Å². The standard InChI is InChI=1S/C22H28N2O4/c25-17-3-1-4-18(26)21(17)9-13-7-16-14(8-15(13)23-11-21)10-22(12-24-16)19(27)5-2-6-20(22)28/h7,13-15,23-24H,1-6,8-12H2. The van der Waals surface area contributed by atoms with Crippen LogP contribution in [-0.2, 0) is 19.2 Å². The second-order valence-electron chi connectivity index (χ2n) is 9.53. The minimum absolute atomic E-state index is 0.101. The highest BCUT2D eigenvalue weighted by Gasteiger charge is 2.55. The van der Waals surface area contributed by atoms with Gasteiger partial charge < -0.3 is 10.6 Å². The summed E-state index contributed by atoms with van der Waals surface area (Å²) in [5, 5.41) is 6.92. The van der Waals surface area contributed by atoms with E-state index in [9.17, 15) is 19.2 Å². The molecule has 2 heterocycles. The summed E-state index contributed by atoms with van der Waals surface area (Å²) in [5.41, 5.74) is -0.570. The van der Waals surface area contributed by atoms with Gasteiger partial charge in [0.05, 0.1) is 0 Å². The summed E-state index contributed by atoms with van der Waals surface area (Å²) in [7, 11) is 0. The van der Waals surface area contributed by atoms with Crippen molar-refractivity contribution in [1.82, 2.24) is 10.6 Å². The Morgan fingerprint density at radius 1 is 0.786 bits per heavy atom. The van der Waals surface area contributed by atoms with Crippen LogP contribution in [0.3, 0.4) is 0 Å². The smallest absolute Gasteiger partial charge is 0.148 e. The molecule has 3 unspecified atom stereocenters. The van der Waals surface area contributed by atoms with Crippen molar-refractivity contribution in [2.24, 2.45) is 22.7 Å². The average molecular weight is 384 g/mol. The van der Waals surface area contributed by atoms with Gasteiger partial charge in [-0.05, 0) is 38.0 Å². The number of carbonyl (C=O) groups is 4. The van der Waals surface area contributed by atoms with E-state index in [2.05, 4.69) is 16.7 Å². The number of fused-ring (bicyclic) bond motifs is 2. The first kappa shape index (κ1) is 18.2. The van der Waals surface area contributed by atoms with Crippen LogP contribution in [0.15, 0.2) is 11.8 Å². The van der Waals surface area contributed by atoms with E-state index < -0.39 is 10.8 Å². The lowest BCUT2D eigenvalue weighted by atomic mass is 9.59.